The van der Waals surface area contributed by atoms with E-state index in [-0.39, 0.29) is 0 Å². The minimum absolute atomic E-state index is 0.602. The van der Waals surface area contributed by atoms with E-state index in [0.29, 0.717) is 5.92 Å². The van der Waals surface area contributed by atoms with Crippen LogP contribution in [0.2, 0.25) is 0 Å². The Kier molecular flexibility index (Phi) is 5.66. The maximum atomic E-state index is 4.78. The molecule has 1 aliphatic carbocycles. The number of hydrogen-bond donors (Lipinski definition) is 1. The van der Waals surface area contributed by atoms with Gasteiger partial charge < -0.3 is 10.2 Å². The fraction of sp³-hybridized carbons (Fsp3) is 0.733. The van der Waals surface area contributed by atoms with Crippen molar-refractivity contribution in [1.29, 1.82) is 0 Å². The molecule has 1 N–H and O–H groups in total. The molecule has 0 unspecified atom stereocenters. The van der Waals surface area contributed by atoms with Gasteiger partial charge in [-0.1, -0.05) is 13.8 Å². The van der Waals surface area contributed by atoms with Gasteiger partial charge >= 0.3 is 0 Å². The van der Waals surface area contributed by atoms with E-state index in [1.165, 1.54) is 18.4 Å². The van der Waals surface area contributed by atoms with Crippen LogP contribution in [-0.2, 0) is 0 Å². The first-order valence-corrected chi connectivity index (χ1v) is 8.59. The van der Waals surface area contributed by atoms with E-state index in [9.17, 15) is 0 Å². The minimum Gasteiger partial charge on any atom is -0.373 e. The lowest BCUT2D eigenvalue weighted by Crippen LogP contribution is -2.25. The first-order valence-electron chi connectivity index (χ1n) is 7.61. The van der Waals surface area contributed by atoms with Gasteiger partial charge in [0, 0.05) is 30.8 Å². The molecule has 0 aromatic carbocycles. The van der Waals surface area contributed by atoms with E-state index in [2.05, 4.69) is 36.0 Å². The second kappa shape index (κ2) is 7.27. The number of rotatable bonds is 8. The standard InChI is InChI=1S/C15H26N4S/c1-5-19(6-2)9-10-20-15-11(3)13(16-4)17-14(18-15)12-7-8-12/h12H,5-10H2,1-4H3,(H,16,17,18). The molecule has 1 aromatic rings. The van der Waals surface area contributed by atoms with Crippen molar-refractivity contribution in [3.63, 3.8) is 0 Å². The Hall–Kier alpha value is -0.810. The van der Waals surface area contributed by atoms with Crippen molar-refractivity contribution < 1.29 is 0 Å². The zero-order valence-corrected chi connectivity index (χ0v) is 13.9. The van der Waals surface area contributed by atoms with E-state index < -0.39 is 0 Å². The normalized spacial score (nSPS) is 14.8. The van der Waals surface area contributed by atoms with Crippen molar-refractivity contribution in [3.05, 3.63) is 11.4 Å². The summed E-state index contributed by atoms with van der Waals surface area (Å²) in [5.41, 5.74) is 1.18. The van der Waals surface area contributed by atoms with Gasteiger partial charge in [-0.15, -0.1) is 11.8 Å². The van der Waals surface area contributed by atoms with Gasteiger partial charge in [0.05, 0.1) is 0 Å². The Balaban J connectivity index is 2.04. The molecule has 1 saturated carbocycles. The van der Waals surface area contributed by atoms with E-state index in [1.54, 1.807) is 0 Å². The van der Waals surface area contributed by atoms with Crippen LogP contribution in [0.1, 0.15) is 44.0 Å². The molecule has 112 valence electrons. The third-order valence-electron chi connectivity index (χ3n) is 3.84. The lowest BCUT2D eigenvalue weighted by Gasteiger charge is -2.18. The average Bonchev–Trinajstić information content (AvgIpc) is 3.30. The van der Waals surface area contributed by atoms with Gasteiger partial charge in [-0.25, -0.2) is 9.97 Å². The molecule has 0 amide bonds. The van der Waals surface area contributed by atoms with Crippen LogP contribution in [0.3, 0.4) is 0 Å². The highest BCUT2D eigenvalue weighted by molar-refractivity contribution is 7.99. The predicted octanol–water partition coefficient (Wildman–Crippen LogP) is 3.14. The SMILES string of the molecule is CCN(CC)CCSc1nc(C2CC2)nc(NC)c1C. The Morgan fingerprint density at radius 2 is 1.95 bits per heavy atom. The molecular formula is C15H26N4S. The van der Waals surface area contributed by atoms with E-state index in [4.69, 9.17) is 4.98 Å². The molecule has 1 aromatic heterocycles. The summed E-state index contributed by atoms with van der Waals surface area (Å²) >= 11 is 1.86. The van der Waals surface area contributed by atoms with Gasteiger partial charge in [0.25, 0.3) is 0 Å². The van der Waals surface area contributed by atoms with Crippen molar-refractivity contribution in [3.8, 4) is 0 Å². The molecule has 0 bridgehead atoms. The summed E-state index contributed by atoms with van der Waals surface area (Å²) in [6, 6.07) is 0. The van der Waals surface area contributed by atoms with Crippen molar-refractivity contribution >= 4 is 17.6 Å². The summed E-state index contributed by atoms with van der Waals surface area (Å²) in [6.45, 7) is 9.91. The quantitative estimate of drug-likeness (QED) is 0.589. The number of anilines is 1. The van der Waals surface area contributed by atoms with Crippen LogP contribution in [0.4, 0.5) is 5.82 Å². The molecule has 1 aliphatic rings. The van der Waals surface area contributed by atoms with Crippen LogP contribution in [-0.4, -0.2) is 47.3 Å². The second-order valence-corrected chi connectivity index (χ2v) is 6.34. The van der Waals surface area contributed by atoms with E-state index >= 15 is 0 Å². The van der Waals surface area contributed by atoms with Crippen LogP contribution in [0, 0.1) is 6.92 Å². The van der Waals surface area contributed by atoms with Crippen molar-refractivity contribution in [1.82, 2.24) is 14.9 Å². The van der Waals surface area contributed by atoms with Gasteiger partial charge in [0.1, 0.15) is 16.7 Å². The first-order chi connectivity index (χ1) is 9.69. The molecule has 2 rings (SSSR count). The highest BCUT2D eigenvalue weighted by Gasteiger charge is 2.28. The summed E-state index contributed by atoms with van der Waals surface area (Å²) in [5.74, 6) is 3.72. The zero-order valence-electron chi connectivity index (χ0n) is 13.1. The average molecular weight is 294 g/mol. The third kappa shape index (κ3) is 3.85. The zero-order chi connectivity index (χ0) is 14.5. The summed E-state index contributed by atoms with van der Waals surface area (Å²) in [4.78, 5) is 11.9. The number of nitrogens with zero attached hydrogens (tertiary/aromatic N) is 3. The Bertz CT molecular complexity index is 442. The van der Waals surface area contributed by atoms with Gasteiger partial charge in [-0.05, 0) is 32.9 Å². The first kappa shape index (κ1) is 15.6. The largest absolute Gasteiger partial charge is 0.373 e. The maximum absolute atomic E-state index is 4.78. The van der Waals surface area contributed by atoms with Gasteiger partial charge in [0.2, 0.25) is 0 Å². The van der Waals surface area contributed by atoms with E-state index in [1.807, 2.05) is 18.8 Å². The predicted molar refractivity (Wildman–Crippen MR) is 86.8 cm³/mol. The summed E-state index contributed by atoms with van der Waals surface area (Å²) < 4.78 is 0. The summed E-state index contributed by atoms with van der Waals surface area (Å²) in [5, 5.41) is 4.36. The monoisotopic (exact) mass is 294 g/mol. The summed E-state index contributed by atoms with van der Waals surface area (Å²) in [6.07, 6.45) is 2.49. The Labute approximate surface area is 126 Å². The molecule has 1 heterocycles. The molecule has 1 fully saturated rings. The molecule has 0 spiro atoms. The van der Waals surface area contributed by atoms with Crippen LogP contribution >= 0.6 is 11.8 Å². The highest BCUT2D eigenvalue weighted by atomic mass is 32.2. The van der Waals surface area contributed by atoms with Gasteiger partial charge in [-0.2, -0.15) is 0 Å². The fourth-order valence-electron chi connectivity index (χ4n) is 2.23. The van der Waals surface area contributed by atoms with Crippen molar-refractivity contribution in [2.75, 3.05) is 37.8 Å². The topological polar surface area (TPSA) is 41.1 Å². The number of nitrogens with one attached hydrogen (secondary N) is 1. The highest BCUT2D eigenvalue weighted by Crippen LogP contribution is 2.39. The van der Waals surface area contributed by atoms with Crippen LogP contribution in [0.25, 0.3) is 0 Å². The van der Waals surface area contributed by atoms with Crippen LogP contribution in [0.5, 0.6) is 0 Å². The number of thioether (sulfide) groups is 1. The van der Waals surface area contributed by atoms with Crippen molar-refractivity contribution in [2.45, 2.75) is 44.6 Å². The van der Waals surface area contributed by atoms with Gasteiger partial charge in [0.15, 0.2) is 0 Å². The van der Waals surface area contributed by atoms with Crippen LogP contribution in [0.15, 0.2) is 5.03 Å². The smallest absolute Gasteiger partial charge is 0.135 e. The molecule has 0 aliphatic heterocycles. The number of aromatic nitrogens is 2. The Morgan fingerprint density at radius 1 is 1.25 bits per heavy atom. The van der Waals surface area contributed by atoms with Crippen LogP contribution < -0.4 is 5.32 Å². The molecule has 5 heteroatoms. The number of hydrogen-bond acceptors (Lipinski definition) is 5. The Morgan fingerprint density at radius 3 is 2.50 bits per heavy atom. The lowest BCUT2D eigenvalue weighted by atomic mass is 10.3. The second-order valence-electron chi connectivity index (χ2n) is 5.26. The van der Waals surface area contributed by atoms with Crippen molar-refractivity contribution in [2.24, 2.45) is 0 Å². The minimum atomic E-state index is 0.602. The summed E-state index contributed by atoms with van der Waals surface area (Å²) in [7, 11) is 1.94. The molecule has 0 radical (unpaired) electrons. The molecule has 20 heavy (non-hydrogen) atoms. The molecule has 0 saturated heterocycles. The third-order valence-corrected chi connectivity index (χ3v) is 4.90. The van der Waals surface area contributed by atoms with Gasteiger partial charge in [-0.3, -0.25) is 0 Å². The maximum Gasteiger partial charge on any atom is 0.135 e. The van der Waals surface area contributed by atoms with E-state index in [0.717, 1.165) is 42.1 Å². The molecular weight excluding hydrogens is 268 g/mol. The fourth-order valence-corrected chi connectivity index (χ4v) is 3.25. The lowest BCUT2D eigenvalue weighted by molar-refractivity contribution is 0.324. The molecule has 4 nitrogen and oxygen atoms in total. The molecule has 0 atom stereocenters.